The van der Waals surface area contributed by atoms with Crippen LogP contribution in [0.25, 0.3) is 0 Å². The van der Waals surface area contributed by atoms with Crippen LogP contribution in [-0.4, -0.2) is 35.3 Å². The summed E-state index contributed by atoms with van der Waals surface area (Å²) in [5, 5.41) is 19.0. The van der Waals surface area contributed by atoms with Crippen LogP contribution in [0.15, 0.2) is 68.1 Å². The molecule has 0 radical (unpaired) electrons. The zero-order valence-electron chi connectivity index (χ0n) is 17.7. The van der Waals surface area contributed by atoms with Crippen LogP contribution in [0.4, 0.5) is 20.7 Å². The quantitative estimate of drug-likeness (QED) is 0.0624. The van der Waals surface area contributed by atoms with Gasteiger partial charge in [0.25, 0.3) is 0 Å². The number of hydrogen-bond donors (Lipinski definition) is 4. The summed E-state index contributed by atoms with van der Waals surface area (Å²) in [6, 6.07) is 13.4. The number of amides is 1. The summed E-state index contributed by atoms with van der Waals surface area (Å²) in [6.07, 6.45) is -0.592. The molecule has 35 heavy (non-hydrogen) atoms. The lowest BCUT2D eigenvalue weighted by Gasteiger charge is -2.09. The Bertz CT molecular complexity index is 1150. The largest absolute Gasteiger partial charge is 0.444 e. The average Bonchev–Trinajstić information content (AvgIpc) is 3.34. The van der Waals surface area contributed by atoms with E-state index in [2.05, 4.69) is 61.8 Å². The number of ether oxygens (including phenoxy) is 1. The van der Waals surface area contributed by atoms with Gasteiger partial charge in [0.15, 0.2) is 11.0 Å². The Morgan fingerprint density at radius 1 is 1.17 bits per heavy atom. The lowest BCUT2D eigenvalue weighted by Crippen LogP contribution is -2.25. The van der Waals surface area contributed by atoms with E-state index < -0.39 is 11.9 Å². The van der Waals surface area contributed by atoms with E-state index in [1.54, 1.807) is 0 Å². The maximum absolute atomic E-state index is 13.5. The van der Waals surface area contributed by atoms with Crippen molar-refractivity contribution >= 4 is 51.5 Å². The maximum atomic E-state index is 13.5. The maximum Gasteiger partial charge on any atom is 0.418 e. The average molecular weight is 569 g/mol. The normalized spacial score (nSPS) is 11.0. The third-order valence-corrected chi connectivity index (χ3v) is 5.22. The number of carbonyl (C=O) groups excluding carboxylic acids is 1. The summed E-state index contributed by atoms with van der Waals surface area (Å²) >= 11 is 4.03. The second kappa shape index (κ2) is 13.8. The number of nitrogens with zero attached hydrogens (tertiary/aromatic N) is 4. The van der Waals surface area contributed by atoms with Crippen molar-refractivity contribution in [3.8, 4) is 0 Å². The first-order valence-corrected chi connectivity index (χ1v) is 11.4. The molecule has 3 aromatic rings. The smallest absolute Gasteiger partial charge is 0.418 e. The number of rotatable bonds is 12. The minimum absolute atomic E-state index is 0.0722. The summed E-state index contributed by atoms with van der Waals surface area (Å²) in [4.78, 5) is 26.3. The predicted octanol–water partition coefficient (Wildman–Crippen LogP) is 3.93. The molecular formula is C19H18BrFN8O5S. The van der Waals surface area contributed by atoms with Gasteiger partial charge in [-0.3, -0.25) is 4.72 Å². The fourth-order valence-electron chi connectivity index (χ4n) is 2.47. The molecule has 1 aromatic heterocycles. The molecule has 0 aliphatic heterocycles. The Labute approximate surface area is 210 Å². The number of carbonyl (C=O) groups is 1. The number of halogens is 2. The summed E-state index contributed by atoms with van der Waals surface area (Å²) in [7, 11) is 0. The molecule has 0 unspecified atom stereocenters. The number of anilines is 2. The monoisotopic (exact) mass is 568 g/mol. The van der Waals surface area contributed by atoms with E-state index in [-0.39, 0.29) is 28.4 Å². The Morgan fingerprint density at radius 3 is 2.77 bits per heavy atom. The van der Waals surface area contributed by atoms with Crippen LogP contribution in [0.1, 0.15) is 11.3 Å². The van der Waals surface area contributed by atoms with Gasteiger partial charge in [-0.15, -0.1) is 4.91 Å². The second-order valence-electron chi connectivity index (χ2n) is 6.40. The van der Waals surface area contributed by atoms with Gasteiger partial charge in [0.05, 0.1) is 4.47 Å². The van der Waals surface area contributed by atoms with Crippen molar-refractivity contribution in [3.05, 3.63) is 75.0 Å². The van der Waals surface area contributed by atoms with Gasteiger partial charge in [0.2, 0.25) is 11.7 Å². The Morgan fingerprint density at radius 2 is 2.00 bits per heavy atom. The third kappa shape index (κ3) is 8.51. The van der Waals surface area contributed by atoms with Gasteiger partial charge < -0.3 is 15.4 Å². The molecule has 0 saturated heterocycles. The molecule has 1 amide bonds. The van der Waals surface area contributed by atoms with Crippen LogP contribution < -0.4 is 20.1 Å². The number of oxime groups is 1. The summed E-state index contributed by atoms with van der Waals surface area (Å²) in [5.41, 5.74) is 1.36. The molecule has 1 heterocycles. The van der Waals surface area contributed by atoms with Gasteiger partial charge in [0, 0.05) is 30.9 Å². The van der Waals surface area contributed by atoms with E-state index in [0.29, 0.717) is 18.8 Å². The first kappa shape index (κ1) is 25.9. The lowest BCUT2D eigenvalue weighted by molar-refractivity contribution is 0.146. The van der Waals surface area contributed by atoms with Crippen molar-refractivity contribution in [1.82, 2.24) is 19.8 Å². The molecule has 4 N–H and O–H groups in total. The van der Waals surface area contributed by atoms with Gasteiger partial charge >= 0.3 is 6.09 Å². The Hall–Kier alpha value is -3.76. The van der Waals surface area contributed by atoms with Crippen LogP contribution in [0, 0.1) is 10.7 Å². The molecule has 3 rings (SSSR count). The topological polar surface area (TPSA) is 164 Å². The van der Waals surface area contributed by atoms with Gasteiger partial charge in [-0.1, -0.05) is 30.3 Å². The SMILES string of the molecule is O=NO/N=C(\Nc1ccc(F)c(Br)c1)c1nonc1NCCNSNC(=O)OCc1ccccc1. The molecule has 0 saturated carbocycles. The van der Waals surface area contributed by atoms with E-state index in [1.165, 1.54) is 18.2 Å². The third-order valence-electron chi connectivity index (χ3n) is 4.00. The number of nitrogens with one attached hydrogen (secondary N) is 4. The molecule has 0 aliphatic carbocycles. The summed E-state index contributed by atoms with van der Waals surface area (Å²) < 4.78 is 28.9. The van der Waals surface area contributed by atoms with E-state index in [1.807, 2.05) is 30.3 Å². The molecular weight excluding hydrogens is 551 g/mol. The van der Waals surface area contributed by atoms with Gasteiger partial charge in [-0.25, -0.2) is 23.5 Å². The Balaban J connectivity index is 1.44. The summed E-state index contributed by atoms with van der Waals surface area (Å²) in [6.45, 7) is 0.872. The fourth-order valence-corrected chi connectivity index (χ4v) is 3.26. The second-order valence-corrected chi connectivity index (χ2v) is 7.95. The number of amidine groups is 1. The van der Waals surface area contributed by atoms with Crippen LogP contribution in [0.5, 0.6) is 0 Å². The molecule has 184 valence electrons. The molecule has 0 atom stereocenters. The first-order valence-electron chi connectivity index (χ1n) is 9.78. The minimum Gasteiger partial charge on any atom is -0.444 e. The molecule has 0 fully saturated rings. The highest BCUT2D eigenvalue weighted by Crippen LogP contribution is 2.21. The first-order chi connectivity index (χ1) is 17.1. The van der Waals surface area contributed by atoms with Gasteiger partial charge in [0.1, 0.15) is 12.4 Å². The fraction of sp³-hybridized carbons (Fsp3) is 0.158. The van der Waals surface area contributed by atoms with Crippen LogP contribution in [-0.2, 0) is 16.3 Å². The molecule has 0 aliphatic rings. The van der Waals surface area contributed by atoms with Gasteiger partial charge in [-0.05, 0) is 55.2 Å². The highest BCUT2D eigenvalue weighted by atomic mass is 79.9. The van der Waals surface area contributed by atoms with Crippen molar-refractivity contribution in [2.75, 3.05) is 23.7 Å². The van der Waals surface area contributed by atoms with E-state index >= 15 is 0 Å². The molecule has 16 heteroatoms. The van der Waals surface area contributed by atoms with Crippen LogP contribution in [0.2, 0.25) is 0 Å². The van der Waals surface area contributed by atoms with Crippen LogP contribution in [0.3, 0.4) is 0 Å². The summed E-state index contributed by atoms with van der Waals surface area (Å²) in [5.74, 6) is -0.361. The van der Waals surface area contributed by atoms with E-state index in [4.69, 9.17) is 9.37 Å². The zero-order valence-corrected chi connectivity index (χ0v) is 20.1. The number of benzene rings is 2. The number of hydrogen-bond acceptors (Lipinski definition) is 12. The standard InChI is InChI=1S/C19H18BrFN8O5S/c20-14-10-13(6-7-15(14)21)24-18(27-34-29-31)16-17(26-33-25-16)22-8-9-23-35-28-19(30)32-11-12-4-2-1-3-5-12/h1-7,10,23H,8-9,11H2,(H,22,26)(H,24,27)(H,28,30). The highest BCUT2D eigenvalue weighted by molar-refractivity contribution is 9.10. The highest BCUT2D eigenvalue weighted by Gasteiger charge is 2.18. The molecule has 2 aromatic carbocycles. The minimum atomic E-state index is -0.592. The van der Waals surface area contributed by atoms with Crippen molar-refractivity contribution < 1.29 is 23.5 Å². The van der Waals surface area contributed by atoms with Crippen molar-refractivity contribution in [2.24, 2.45) is 10.5 Å². The molecule has 0 bridgehead atoms. The van der Waals surface area contributed by atoms with Gasteiger partial charge in [-0.2, -0.15) is 0 Å². The lowest BCUT2D eigenvalue weighted by atomic mass is 10.2. The van der Waals surface area contributed by atoms with Crippen molar-refractivity contribution in [1.29, 1.82) is 0 Å². The van der Waals surface area contributed by atoms with Crippen molar-refractivity contribution in [2.45, 2.75) is 6.61 Å². The zero-order chi connectivity index (χ0) is 24.9. The predicted molar refractivity (Wildman–Crippen MR) is 129 cm³/mol. The van der Waals surface area contributed by atoms with E-state index in [0.717, 1.165) is 17.7 Å². The van der Waals surface area contributed by atoms with Crippen LogP contribution >= 0.6 is 28.1 Å². The van der Waals surface area contributed by atoms with Crippen molar-refractivity contribution in [3.63, 3.8) is 0 Å². The number of aromatic nitrogens is 2. The van der Waals surface area contributed by atoms with E-state index in [9.17, 15) is 14.1 Å². The molecule has 13 nitrogen and oxygen atoms in total. The molecule has 0 spiro atoms. The Kier molecular flexibility index (Phi) is 10.2.